The highest BCUT2D eigenvalue weighted by Gasteiger charge is 2.22. The average Bonchev–Trinajstić information content (AvgIpc) is 3.40. The maximum atomic E-state index is 5.71. The van der Waals surface area contributed by atoms with E-state index < -0.39 is 0 Å². The first-order valence-electron chi connectivity index (χ1n) is 9.85. The van der Waals surface area contributed by atoms with Crippen molar-refractivity contribution in [2.45, 2.75) is 57.7 Å². The SMILES string of the molecule is Cc1nc2n(n1)CC(NC(=NCC1CCCO1)NCCc1ccco1)CC2. The summed E-state index contributed by atoms with van der Waals surface area (Å²) < 4.78 is 13.1. The fourth-order valence-corrected chi connectivity index (χ4v) is 3.64. The van der Waals surface area contributed by atoms with E-state index in [0.29, 0.717) is 6.54 Å². The molecule has 2 aliphatic heterocycles. The molecule has 0 bridgehead atoms. The summed E-state index contributed by atoms with van der Waals surface area (Å²) in [6, 6.07) is 4.20. The van der Waals surface area contributed by atoms with Gasteiger partial charge in [0.05, 0.1) is 25.5 Å². The van der Waals surface area contributed by atoms with E-state index in [2.05, 4.69) is 20.7 Å². The zero-order chi connectivity index (χ0) is 18.5. The molecule has 8 nitrogen and oxygen atoms in total. The summed E-state index contributed by atoms with van der Waals surface area (Å²) in [6.07, 6.45) is 6.95. The molecule has 2 N–H and O–H groups in total. The van der Waals surface area contributed by atoms with Gasteiger partial charge in [-0.1, -0.05) is 0 Å². The minimum atomic E-state index is 0.240. The molecule has 4 rings (SSSR count). The standard InChI is InChI=1S/C19H28N6O2/c1-14-22-18-7-6-15(13-25(18)24-14)23-19(21-12-17-5-3-11-27-17)20-9-8-16-4-2-10-26-16/h2,4,10,15,17H,3,5-9,11-13H2,1H3,(H2,20,21,23). The molecule has 2 aromatic rings. The lowest BCUT2D eigenvalue weighted by atomic mass is 10.1. The zero-order valence-corrected chi connectivity index (χ0v) is 15.9. The molecular formula is C19H28N6O2. The molecule has 0 aliphatic carbocycles. The molecule has 1 saturated heterocycles. The molecule has 0 saturated carbocycles. The van der Waals surface area contributed by atoms with Crippen molar-refractivity contribution in [3.8, 4) is 0 Å². The van der Waals surface area contributed by atoms with Crippen LogP contribution in [-0.2, 0) is 24.1 Å². The number of furan rings is 1. The number of fused-ring (bicyclic) bond motifs is 1. The van der Waals surface area contributed by atoms with E-state index in [0.717, 1.165) is 75.2 Å². The number of rotatable bonds is 6. The highest BCUT2D eigenvalue weighted by molar-refractivity contribution is 5.80. The van der Waals surface area contributed by atoms with Gasteiger partial charge in [0.2, 0.25) is 0 Å². The Hall–Kier alpha value is -2.35. The van der Waals surface area contributed by atoms with Crippen molar-refractivity contribution >= 4 is 5.96 Å². The number of guanidine groups is 1. The lowest BCUT2D eigenvalue weighted by Crippen LogP contribution is -2.47. The van der Waals surface area contributed by atoms with Gasteiger partial charge >= 0.3 is 0 Å². The summed E-state index contributed by atoms with van der Waals surface area (Å²) in [5, 5.41) is 11.5. The molecule has 2 unspecified atom stereocenters. The van der Waals surface area contributed by atoms with Crippen molar-refractivity contribution in [3.63, 3.8) is 0 Å². The second-order valence-corrected chi connectivity index (χ2v) is 7.22. The van der Waals surface area contributed by atoms with Gasteiger partial charge < -0.3 is 19.8 Å². The van der Waals surface area contributed by atoms with E-state index in [9.17, 15) is 0 Å². The smallest absolute Gasteiger partial charge is 0.191 e. The first-order valence-corrected chi connectivity index (χ1v) is 9.85. The predicted octanol–water partition coefficient (Wildman–Crippen LogP) is 1.45. The fraction of sp³-hybridized carbons (Fsp3) is 0.632. The maximum Gasteiger partial charge on any atom is 0.191 e. The van der Waals surface area contributed by atoms with Crippen molar-refractivity contribution in [1.82, 2.24) is 25.4 Å². The summed E-state index contributed by atoms with van der Waals surface area (Å²) in [7, 11) is 0. The Morgan fingerprint density at radius 1 is 1.41 bits per heavy atom. The molecule has 27 heavy (non-hydrogen) atoms. The average molecular weight is 372 g/mol. The molecule has 146 valence electrons. The van der Waals surface area contributed by atoms with Crippen LogP contribution in [0.3, 0.4) is 0 Å². The predicted molar refractivity (Wildman–Crippen MR) is 102 cm³/mol. The molecule has 2 aliphatic rings. The summed E-state index contributed by atoms with van der Waals surface area (Å²) >= 11 is 0. The van der Waals surface area contributed by atoms with Gasteiger partial charge in [-0.25, -0.2) is 9.67 Å². The molecule has 2 atom stereocenters. The van der Waals surface area contributed by atoms with Gasteiger partial charge in [0, 0.05) is 32.0 Å². The highest BCUT2D eigenvalue weighted by Crippen LogP contribution is 2.14. The van der Waals surface area contributed by atoms with Gasteiger partial charge in [-0.05, 0) is 38.3 Å². The first kappa shape index (κ1) is 18.0. The molecule has 0 radical (unpaired) electrons. The third kappa shape index (κ3) is 4.88. The zero-order valence-electron chi connectivity index (χ0n) is 15.9. The normalized spacial score (nSPS) is 22.6. The third-order valence-corrected chi connectivity index (χ3v) is 5.03. The molecule has 2 aromatic heterocycles. The quantitative estimate of drug-likeness (QED) is 0.589. The second-order valence-electron chi connectivity index (χ2n) is 7.22. The van der Waals surface area contributed by atoms with Crippen LogP contribution in [0.15, 0.2) is 27.8 Å². The topological polar surface area (TPSA) is 89.5 Å². The number of nitrogens with zero attached hydrogens (tertiary/aromatic N) is 4. The van der Waals surface area contributed by atoms with Gasteiger partial charge in [-0.15, -0.1) is 0 Å². The summed E-state index contributed by atoms with van der Waals surface area (Å²) in [4.78, 5) is 9.26. The highest BCUT2D eigenvalue weighted by atomic mass is 16.5. The number of aryl methyl sites for hydroxylation is 2. The number of ether oxygens (including phenoxy) is 1. The first-order chi connectivity index (χ1) is 13.3. The Balaban J connectivity index is 1.35. The van der Waals surface area contributed by atoms with E-state index in [1.54, 1.807) is 6.26 Å². The number of aromatic nitrogens is 3. The van der Waals surface area contributed by atoms with Crippen LogP contribution in [0.4, 0.5) is 0 Å². The Morgan fingerprint density at radius 2 is 2.37 bits per heavy atom. The van der Waals surface area contributed by atoms with Crippen LogP contribution in [0.1, 0.15) is 36.7 Å². The van der Waals surface area contributed by atoms with Gasteiger partial charge in [0.25, 0.3) is 0 Å². The summed E-state index contributed by atoms with van der Waals surface area (Å²) in [5.41, 5.74) is 0. The van der Waals surface area contributed by atoms with Gasteiger partial charge in [-0.3, -0.25) is 4.99 Å². The number of aliphatic imine (C=N–C) groups is 1. The van der Waals surface area contributed by atoms with Gasteiger partial charge in [0.1, 0.15) is 17.4 Å². The minimum Gasteiger partial charge on any atom is -0.469 e. The number of hydrogen-bond donors (Lipinski definition) is 2. The Labute approximate surface area is 159 Å². The van der Waals surface area contributed by atoms with Crippen molar-refractivity contribution in [3.05, 3.63) is 35.8 Å². The van der Waals surface area contributed by atoms with Crippen LogP contribution in [0.25, 0.3) is 0 Å². The van der Waals surface area contributed by atoms with Crippen molar-refractivity contribution in [2.24, 2.45) is 4.99 Å². The maximum absolute atomic E-state index is 5.71. The van der Waals surface area contributed by atoms with E-state index >= 15 is 0 Å². The second kappa shape index (κ2) is 8.56. The molecule has 1 fully saturated rings. The van der Waals surface area contributed by atoms with E-state index in [1.807, 2.05) is 23.7 Å². The van der Waals surface area contributed by atoms with Crippen LogP contribution in [-0.4, -0.2) is 52.6 Å². The van der Waals surface area contributed by atoms with E-state index in [1.165, 1.54) is 0 Å². The Kier molecular flexibility index (Phi) is 5.72. The van der Waals surface area contributed by atoms with E-state index in [-0.39, 0.29) is 12.1 Å². The van der Waals surface area contributed by atoms with Crippen LogP contribution in [0.5, 0.6) is 0 Å². The summed E-state index contributed by atoms with van der Waals surface area (Å²) in [5.74, 6) is 3.73. The number of hydrogen-bond acceptors (Lipinski definition) is 5. The molecule has 4 heterocycles. The summed E-state index contributed by atoms with van der Waals surface area (Å²) in [6.45, 7) is 5.07. The largest absolute Gasteiger partial charge is 0.469 e. The van der Waals surface area contributed by atoms with E-state index in [4.69, 9.17) is 14.1 Å². The monoisotopic (exact) mass is 372 g/mol. The van der Waals surface area contributed by atoms with Crippen LogP contribution < -0.4 is 10.6 Å². The Morgan fingerprint density at radius 3 is 3.19 bits per heavy atom. The minimum absolute atomic E-state index is 0.240. The lowest BCUT2D eigenvalue weighted by Gasteiger charge is -2.25. The Bertz CT molecular complexity index is 748. The lowest BCUT2D eigenvalue weighted by molar-refractivity contribution is 0.117. The van der Waals surface area contributed by atoms with Crippen molar-refractivity contribution < 1.29 is 9.15 Å². The van der Waals surface area contributed by atoms with Crippen molar-refractivity contribution in [2.75, 3.05) is 19.7 Å². The molecule has 0 spiro atoms. The van der Waals surface area contributed by atoms with Gasteiger partial charge in [0.15, 0.2) is 5.96 Å². The molecule has 0 amide bonds. The third-order valence-electron chi connectivity index (χ3n) is 5.03. The van der Waals surface area contributed by atoms with Gasteiger partial charge in [-0.2, -0.15) is 5.10 Å². The van der Waals surface area contributed by atoms with Crippen molar-refractivity contribution in [1.29, 1.82) is 0 Å². The fourth-order valence-electron chi connectivity index (χ4n) is 3.64. The molecule has 8 heteroatoms. The van der Waals surface area contributed by atoms with Crippen LogP contribution in [0.2, 0.25) is 0 Å². The number of nitrogens with one attached hydrogen (secondary N) is 2. The van der Waals surface area contributed by atoms with Crippen LogP contribution in [0, 0.1) is 6.92 Å². The van der Waals surface area contributed by atoms with Crippen LogP contribution >= 0.6 is 0 Å². The molecular weight excluding hydrogens is 344 g/mol. The molecule has 0 aromatic carbocycles.